The van der Waals surface area contributed by atoms with Crippen molar-refractivity contribution >= 4 is 29.6 Å². The smallest absolute Gasteiger partial charge is 0.425 e. The second-order valence-corrected chi connectivity index (χ2v) is 10.2. The van der Waals surface area contributed by atoms with Gasteiger partial charge in [-0.3, -0.25) is 0 Å². The minimum absolute atomic E-state index is 0.0531. The third-order valence-corrected chi connectivity index (χ3v) is 4.80. The summed E-state index contributed by atoms with van der Waals surface area (Å²) in [6, 6.07) is 6.73. The van der Waals surface area contributed by atoms with Crippen molar-refractivity contribution in [3.63, 3.8) is 0 Å². The molecule has 2 N–H and O–H groups in total. The van der Waals surface area contributed by atoms with E-state index >= 15 is 0 Å². The van der Waals surface area contributed by atoms with Crippen LogP contribution in [0.2, 0.25) is 5.02 Å². The molecule has 0 bridgehead atoms. The number of rotatable bonds is 7. The number of carbonyl (C=O) groups is 2. The molecular formula is C24H33ClN4O5. The largest absolute Gasteiger partial charge is 0.490 e. The lowest BCUT2D eigenvalue weighted by molar-refractivity contribution is 0.0574. The van der Waals surface area contributed by atoms with Gasteiger partial charge in [0.2, 0.25) is 0 Å². The zero-order chi connectivity index (χ0) is 25.7. The van der Waals surface area contributed by atoms with Gasteiger partial charge >= 0.3 is 12.2 Å². The third-order valence-electron chi connectivity index (χ3n) is 4.50. The molecule has 9 nitrogen and oxygen atoms in total. The average Bonchev–Trinajstić information content (AvgIpc) is 2.70. The topological polar surface area (TPSA) is 117 Å². The van der Waals surface area contributed by atoms with E-state index in [4.69, 9.17) is 31.5 Å². The first kappa shape index (κ1) is 27.3. The summed E-state index contributed by atoms with van der Waals surface area (Å²) in [5.74, 6) is 0.885. The normalized spacial score (nSPS) is 13.2. The van der Waals surface area contributed by atoms with Crippen LogP contribution < -0.4 is 15.4 Å². The summed E-state index contributed by atoms with van der Waals surface area (Å²) in [6.45, 7) is 11.5. The summed E-state index contributed by atoms with van der Waals surface area (Å²) in [5.41, 5.74) is 6.25. The van der Waals surface area contributed by atoms with Gasteiger partial charge in [-0.05, 0) is 63.8 Å². The number of anilines is 1. The second-order valence-electron chi connectivity index (χ2n) is 9.77. The second kappa shape index (κ2) is 11.0. The number of carbonyl (C=O) groups excluding carboxylic acids is 2. The predicted molar refractivity (Wildman–Crippen MR) is 131 cm³/mol. The van der Waals surface area contributed by atoms with Crippen molar-refractivity contribution in [1.82, 2.24) is 10.2 Å². The van der Waals surface area contributed by atoms with E-state index in [9.17, 15) is 9.59 Å². The SMILES string of the molecule is COC(=O)N(C(=O)OC(C)(C)C)c1cc(-c2ccc(OC[C@@](C)(N)CC(C)C)c(Cl)c2)cnn1. The fourth-order valence-electron chi connectivity index (χ4n) is 3.31. The van der Waals surface area contributed by atoms with Crippen LogP contribution in [0.4, 0.5) is 15.4 Å². The molecule has 0 aliphatic heterocycles. The highest BCUT2D eigenvalue weighted by Crippen LogP contribution is 2.32. The Morgan fingerprint density at radius 3 is 2.35 bits per heavy atom. The van der Waals surface area contributed by atoms with Crippen LogP contribution in [-0.2, 0) is 9.47 Å². The van der Waals surface area contributed by atoms with Crippen molar-refractivity contribution < 1.29 is 23.8 Å². The molecule has 2 amide bonds. The van der Waals surface area contributed by atoms with Crippen LogP contribution in [0, 0.1) is 5.92 Å². The molecule has 2 rings (SSSR count). The molecule has 0 saturated carbocycles. The minimum atomic E-state index is -0.950. The molecule has 1 atom stereocenters. The van der Waals surface area contributed by atoms with Gasteiger partial charge in [-0.25, -0.2) is 9.59 Å². The molecule has 0 aliphatic carbocycles. The minimum Gasteiger partial charge on any atom is -0.490 e. The average molecular weight is 493 g/mol. The van der Waals surface area contributed by atoms with E-state index in [-0.39, 0.29) is 5.82 Å². The van der Waals surface area contributed by atoms with Crippen molar-refractivity contribution in [3.8, 4) is 16.9 Å². The number of amides is 2. The highest BCUT2D eigenvalue weighted by Gasteiger charge is 2.31. The summed E-state index contributed by atoms with van der Waals surface area (Å²) in [7, 11) is 1.16. The molecule has 0 unspecified atom stereocenters. The number of halogens is 1. The summed E-state index contributed by atoms with van der Waals surface area (Å²) in [4.78, 5) is 25.6. The quantitative estimate of drug-likeness (QED) is 0.542. The number of hydrogen-bond acceptors (Lipinski definition) is 8. The van der Waals surface area contributed by atoms with Gasteiger partial charge in [0.15, 0.2) is 5.82 Å². The number of benzene rings is 1. The van der Waals surface area contributed by atoms with Crippen molar-refractivity contribution in [1.29, 1.82) is 0 Å². The molecule has 2 aromatic rings. The van der Waals surface area contributed by atoms with E-state index in [1.807, 2.05) is 6.92 Å². The molecule has 34 heavy (non-hydrogen) atoms. The summed E-state index contributed by atoms with van der Waals surface area (Å²) in [5, 5.41) is 8.22. The number of imide groups is 1. The van der Waals surface area contributed by atoms with E-state index in [2.05, 4.69) is 24.0 Å². The highest BCUT2D eigenvalue weighted by atomic mass is 35.5. The Labute approximate surface area is 205 Å². The monoisotopic (exact) mass is 492 g/mol. The zero-order valence-corrected chi connectivity index (χ0v) is 21.5. The molecule has 1 heterocycles. The van der Waals surface area contributed by atoms with Gasteiger partial charge in [-0.2, -0.15) is 10.00 Å². The third kappa shape index (κ3) is 7.85. The van der Waals surface area contributed by atoms with Gasteiger partial charge in [-0.1, -0.05) is 31.5 Å². The van der Waals surface area contributed by atoms with Crippen molar-refractivity contribution in [3.05, 3.63) is 35.5 Å². The van der Waals surface area contributed by atoms with Crippen LogP contribution in [0.15, 0.2) is 30.5 Å². The maximum absolute atomic E-state index is 12.6. The van der Waals surface area contributed by atoms with Gasteiger partial charge in [0.1, 0.15) is 18.0 Å². The van der Waals surface area contributed by atoms with E-state index in [1.165, 1.54) is 12.3 Å². The number of nitrogens with two attached hydrogens (primary N) is 1. The van der Waals surface area contributed by atoms with Gasteiger partial charge in [0.25, 0.3) is 0 Å². The van der Waals surface area contributed by atoms with Gasteiger partial charge in [-0.15, -0.1) is 5.10 Å². The Kier molecular flexibility index (Phi) is 8.85. The van der Waals surface area contributed by atoms with Gasteiger partial charge in [0, 0.05) is 11.1 Å². The number of hydrogen-bond donors (Lipinski definition) is 1. The number of aromatic nitrogens is 2. The summed E-state index contributed by atoms with van der Waals surface area (Å²) < 4.78 is 15.9. The van der Waals surface area contributed by atoms with E-state index in [0.717, 1.165) is 13.5 Å². The van der Waals surface area contributed by atoms with Crippen LogP contribution in [-0.4, -0.2) is 47.2 Å². The van der Waals surface area contributed by atoms with Crippen LogP contribution >= 0.6 is 11.6 Å². The molecule has 0 aliphatic rings. The molecule has 0 saturated heterocycles. The zero-order valence-electron chi connectivity index (χ0n) is 20.7. The van der Waals surface area contributed by atoms with Gasteiger partial charge in [0.05, 0.1) is 18.3 Å². The summed E-state index contributed by atoms with van der Waals surface area (Å²) in [6.07, 6.45) is 0.412. The highest BCUT2D eigenvalue weighted by molar-refractivity contribution is 6.32. The fourth-order valence-corrected chi connectivity index (χ4v) is 3.55. The number of methoxy groups -OCH3 is 1. The summed E-state index contributed by atoms with van der Waals surface area (Å²) >= 11 is 6.45. The first-order valence-corrected chi connectivity index (χ1v) is 11.3. The molecule has 1 aromatic heterocycles. The molecular weight excluding hydrogens is 460 g/mol. The van der Waals surface area contributed by atoms with Crippen molar-refractivity contribution in [2.75, 3.05) is 18.6 Å². The maximum atomic E-state index is 12.6. The first-order valence-electron chi connectivity index (χ1n) is 10.9. The number of nitrogens with zero attached hydrogens (tertiary/aromatic N) is 3. The molecule has 0 spiro atoms. The lowest BCUT2D eigenvalue weighted by Crippen LogP contribution is -2.43. The molecule has 0 fully saturated rings. The van der Waals surface area contributed by atoms with Crippen LogP contribution in [0.3, 0.4) is 0 Å². The van der Waals surface area contributed by atoms with E-state index in [1.54, 1.807) is 39.0 Å². The molecule has 10 heteroatoms. The maximum Gasteiger partial charge on any atom is 0.425 e. The Morgan fingerprint density at radius 1 is 1.12 bits per heavy atom. The lowest BCUT2D eigenvalue weighted by Gasteiger charge is -2.27. The lowest BCUT2D eigenvalue weighted by atomic mass is 9.93. The van der Waals surface area contributed by atoms with Crippen LogP contribution in [0.25, 0.3) is 11.1 Å². The standard InChI is InChI=1S/C24H33ClN4O5/c1-15(2)12-24(6,26)14-33-19-9-8-16(10-18(19)25)17-11-20(28-27-13-17)29(21(30)32-7)22(31)34-23(3,4)5/h8-11,13,15H,12,14,26H2,1-7H3/t24-/m0/s1. The van der Waals surface area contributed by atoms with Crippen molar-refractivity contribution in [2.45, 2.75) is 59.1 Å². The van der Waals surface area contributed by atoms with E-state index in [0.29, 0.717) is 39.3 Å². The number of ether oxygens (including phenoxy) is 3. The fraction of sp³-hybridized carbons (Fsp3) is 0.500. The van der Waals surface area contributed by atoms with Crippen molar-refractivity contribution in [2.24, 2.45) is 11.7 Å². The Balaban J connectivity index is 2.29. The first-order chi connectivity index (χ1) is 15.7. The molecule has 1 aromatic carbocycles. The van der Waals surface area contributed by atoms with E-state index < -0.39 is 23.3 Å². The molecule has 186 valence electrons. The van der Waals surface area contributed by atoms with Crippen LogP contribution in [0.1, 0.15) is 48.0 Å². The molecule has 0 radical (unpaired) electrons. The predicted octanol–water partition coefficient (Wildman–Crippen LogP) is 5.45. The Bertz CT molecular complexity index is 1020. The Hall–Kier alpha value is -2.91. The Morgan fingerprint density at radius 2 is 1.79 bits per heavy atom. The van der Waals surface area contributed by atoms with Gasteiger partial charge < -0.3 is 19.9 Å². The van der Waals surface area contributed by atoms with Crippen LogP contribution in [0.5, 0.6) is 5.75 Å².